The second kappa shape index (κ2) is 15.8. The first-order chi connectivity index (χ1) is 35.8. The first-order valence-electron chi connectivity index (χ1n) is 26.7. The summed E-state index contributed by atoms with van der Waals surface area (Å²) >= 11 is 0. The van der Waals surface area contributed by atoms with Gasteiger partial charge in [-0.3, -0.25) is 4.57 Å². The molecule has 0 N–H and O–H groups in total. The van der Waals surface area contributed by atoms with E-state index in [1.165, 1.54) is 5.56 Å². The molecule has 0 unspecified atom stereocenters. The molecule has 3 heterocycles. The van der Waals surface area contributed by atoms with Crippen molar-refractivity contribution in [2.45, 2.75) is 45.4 Å². The van der Waals surface area contributed by atoms with Gasteiger partial charge in [-0.1, -0.05) is 179 Å². The zero-order valence-electron chi connectivity index (χ0n) is 46.7. The molecule has 0 saturated carbocycles. The van der Waals surface area contributed by atoms with Crippen molar-refractivity contribution < 1.29 is 39.3 Å². The summed E-state index contributed by atoms with van der Waals surface area (Å²) in [5.74, 6) is 0.820. The molecule has 0 atom stereocenters. The van der Waals surface area contributed by atoms with Crippen molar-refractivity contribution in [3.8, 4) is 61.7 Å². The third-order valence-electron chi connectivity index (χ3n) is 12.9. The molecule has 66 heavy (non-hydrogen) atoms. The van der Waals surface area contributed by atoms with Gasteiger partial charge in [0, 0.05) is 32.8 Å². The predicted molar refractivity (Wildman–Crippen MR) is 266 cm³/mol. The molecule has 0 aliphatic heterocycles. The number of pyridine rings is 1. The number of nitrogens with zero attached hydrogens (tertiary/aromatic N) is 4. The van der Waals surface area contributed by atoms with Crippen LogP contribution in [-0.4, -0.2) is 14.1 Å². The van der Waals surface area contributed by atoms with Crippen LogP contribution in [0.3, 0.4) is 0 Å². The largest absolute Gasteiger partial charge is 0.313 e. The third-order valence-corrected chi connectivity index (χ3v) is 12.9. The number of fused-ring (bicyclic) bond motifs is 7. The molecule has 12 rings (SSSR count). The van der Waals surface area contributed by atoms with Gasteiger partial charge in [0.2, 0.25) is 0 Å². The van der Waals surface area contributed by atoms with E-state index in [-0.39, 0.29) is 54.4 Å². The predicted octanol–water partition coefficient (Wildman–Crippen LogP) is 14.4. The Labute approximate surface area is 414 Å². The van der Waals surface area contributed by atoms with Gasteiger partial charge in [0.25, 0.3) is 6.33 Å². The summed E-state index contributed by atoms with van der Waals surface area (Å²) in [5.41, 5.74) is 10.9. The van der Waals surface area contributed by atoms with Crippen molar-refractivity contribution >= 4 is 32.8 Å². The number of hydrogen-bond acceptors (Lipinski definition) is 1. The fourth-order valence-corrected chi connectivity index (χ4v) is 9.69. The molecular formula is C61H46N4Pt-2. The minimum absolute atomic E-state index is 0. The first kappa shape index (κ1) is 31.7. The number of benzene rings is 8. The topological polar surface area (TPSA) is 26.6 Å². The standard InChI is InChI=1S/C61H46N4.Pt/c1-60(2,3)43-33-34-62-57(36-43)65-53-30-13-12-25-48(53)49-37-52-50(38-56(49)65)58-45(26-18-29-51(58)61(52,4)5)42-23-16-24-44(35-42)63-39-64(55-32-15-14-31-54(55)63)59-46(40-19-8-6-9-20-40)27-17-28-47(59)41-21-10-7-11-22-41;/h6-34,36-37H,1-5H3;/q-2;/i6D,7D,8D,9D,10D,11D,19D,20D,21D,22D;. The number of aromatic nitrogens is 4. The Hall–Kier alpha value is -7.13. The Morgan fingerprint density at radius 3 is 2.02 bits per heavy atom. The second-order valence-electron chi connectivity index (χ2n) is 18.1. The van der Waals surface area contributed by atoms with Crippen molar-refractivity contribution in [2.24, 2.45) is 0 Å². The van der Waals surface area contributed by atoms with Crippen LogP contribution >= 0.6 is 0 Å². The van der Waals surface area contributed by atoms with Crippen LogP contribution in [0.4, 0.5) is 0 Å². The molecular weight excluding hydrogens is 984 g/mol. The second-order valence-corrected chi connectivity index (χ2v) is 18.1. The van der Waals surface area contributed by atoms with Gasteiger partial charge in [0.15, 0.2) is 0 Å². The van der Waals surface area contributed by atoms with Crippen LogP contribution in [0.1, 0.15) is 65.0 Å². The molecule has 0 bridgehead atoms. The third kappa shape index (κ3) is 6.53. The minimum Gasteiger partial charge on any atom is -0.313 e. The molecule has 4 nitrogen and oxygen atoms in total. The van der Waals surface area contributed by atoms with Gasteiger partial charge >= 0.3 is 0 Å². The molecule has 8 aromatic carbocycles. The molecule has 1 aliphatic rings. The Morgan fingerprint density at radius 2 is 1.29 bits per heavy atom. The summed E-state index contributed by atoms with van der Waals surface area (Å²) < 4.78 is 93.4. The number of rotatable bonds is 6. The van der Waals surface area contributed by atoms with E-state index in [9.17, 15) is 0 Å². The molecule has 11 aromatic rings. The van der Waals surface area contributed by atoms with Gasteiger partial charge < -0.3 is 9.13 Å². The van der Waals surface area contributed by atoms with Crippen LogP contribution in [0.15, 0.2) is 188 Å². The zero-order valence-corrected chi connectivity index (χ0v) is 39.0. The van der Waals surface area contributed by atoms with Crippen LogP contribution in [0.2, 0.25) is 0 Å². The molecule has 3 aromatic heterocycles. The molecule has 0 amide bonds. The maximum atomic E-state index is 9.09. The van der Waals surface area contributed by atoms with E-state index in [1.807, 2.05) is 53.2 Å². The monoisotopic (exact) mass is 1040 g/mol. The molecule has 0 radical (unpaired) electrons. The summed E-state index contributed by atoms with van der Waals surface area (Å²) in [6.07, 6.45) is 5.39. The van der Waals surface area contributed by atoms with Crippen LogP contribution in [-0.2, 0) is 31.9 Å². The van der Waals surface area contributed by atoms with Crippen molar-refractivity contribution in [1.29, 1.82) is 0 Å². The fraction of sp³-hybridized carbons (Fsp3) is 0.115. The Balaban J connectivity index is 0.00000616. The average Bonchev–Trinajstić information content (AvgIpc) is 4.03. The normalized spacial score (nSPS) is 15.0. The molecule has 5 heteroatoms. The average molecular weight is 1040 g/mol. The summed E-state index contributed by atoms with van der Waals surface area (Å²) in [7, 11) is 0. The van der Waals surface area contributed by atoms with Crippen LogP contribution in [0, 0.1) is 18.5 Å². The van der Waals surface area contributed by atoms with Gasteiger partial charge in [-0.2, -0.15) is 5.56 Å². The summed E-state index contributed by atoms with van der Waals surface area (Å²) in [4.78, 5) is 4.94. The molecule has 322 valence electrons. The number of imidazole rings is 1. The van der Waals surface area contributed by atoms with Crippen molar-refractivity contribution in [3.63, 3.8) is 0 Å². The van der Waals surface area contributed by atoms with E-state index >= 15 is 0 Å². The Morgan fingerprint density at radius 1 is 0.636 bits per heavy atom. The molecule has 0 saturated heterocycles. The van der Waals surface area contributed by atoms with Gasteiger partial charge in [-0.05, 0) is 73.4 Å². The van der Waals surface area contributed by atoms with Gasteiger partial charge in [0.05, 0.1) is 30.4 Å². The van der Waals surface area contributed by atoms with Gasteiger partial charge in [0.1, 0.15) is 5.82 Å². The van der Waals surface area contributed by atoms with Crippen LogP contribution < -0.4 is 4.57 Å². The Bertz CT molecular complexity index is 4140. The Kier molecular flexibility index (Phi) is 7.58. The van der Waals surface area contributed by atoms with E-state index in [0.717, 1.165) is 61.0 Å². The summed E-state index contributed by atoms with van der Waals surface area (Å²) in [5, 5.41) is 2.21. The van der Waals surface area contributed by atoms with E-state index in [2.05, 4.69) is 118 Å². The number of hydrogen-bond donors (Lipinski definition) is 0. The minimum atomic E-state index is -0.562. The first-order valence-corrected chi connectivity index (χ1v) is 21.7. The van der Waals surface area contributed by atoms with E-state index in [4.69, 9.17) is 18.7 Å². The quantitative estimate of drug-likeness (QED) is 0.120. The van der Waals surface area contributed by atoms with Crippen molar-refractivity contribution in [2.75, 3.05) is 0 Å². The smallest absolute Gasteiger partial charge is 0.268 e. The zero-order chi connectivity index (χ0) is 52.7. The maximum absolute atomic E-state index is 9.09. The summed E-state index contributed by atoms with van der Waals surface area (Å²) in [6.45, 7) is 11.1. The van der Waals surface area contributed by atoms with Gasteiger partial charge in [-0.25, -0.2) is 4.98 Å². The van der Waals surface area contributed by atoms with Crippen LogP contribution in [0.25, 0.3) is 94.5 Å². The molecule has 0 spiro atoms. The van der Waals surface area contributed by atoms with Crippen LogP contribution in [0.5, 0.6) is 0 Å². The maximum Gasteiger partial charge on any atom is 0.268 e. The SMILES string of the molecule is [2H]c1c([2H])c([2H])c(-c2cccc(-c3c([2H])c([2H])c([2H])c([2H])c3[2H])c2-[n+]2[c-]n(-c3[c-]c(-c4cccc5c4-c4[c-]c6c(cc4C5(C)C)c4ccccc4n6-c4cc(C(C)(C)C)ccn4)ccc3)c3ccccc32)c([2H])c1[2H].[Pt]. The summed E-state index contributed by atoms with van der Waals surface area (Å²) in [6, 6.07) is 42.2. The van der Waals surface area contributed by atoms with Gasteiger partial charge in [-0.15, -0.1) is 64.7 Å². The van der Waals surface area contributed by atoms with Crippen molar-refractivity contribution in [3.05, 3.63) is 223 Å². The number of para-hydroxylation sites is 4. The van der Waals surface area contributed by atoms with Crippen molar-refractivity contribution in [1.82, 2.24) is 14.1 Å². The molecule has 0 fully saturated rings. The van der Waals surface area contributed by atoms with E-state index < -0.39 is 65.8 Å². The van der Waals surface area contributed by atoms with E-state index in [1.54, 1.807) is 22.8 Å². The fourth-order valence-electron chi connectivity index (χ4n) is 9.69. The molecule has 1 aliphatic carbocycles. The van der Waals surface area contributed by atoms with E-state index in [0.29, 0.717) is 16.7 Å².